The monoisotopic (exact) mass is 952 g/mol. The Morgan fingerprint density at radius 1 is 0.535 bits per heavy atom. The maximum absolute atomic E-state index is 10.9. The Bertz CT molecular complexity index is 2950. The molecule has 0 atom stereocenters. The Morgan fingerprint density at radius 2 is 0.986 bits per heavy atom. The van der Waals surface area contributed by atoms with Crippen molar-refractivity contribution in [2.45, 2.75) is 76.5 Å². The van der Waals surface area contributed by atoms with E-state index < -0.39 is 0 Å². The van der Waals surface area contributed by atoms with Gasteiger partial charge in [0, 0.05) is 105 Å². The van der Waals surface area contributed by atoms with E-state index in [1.165, 1.54) is 25.7 Å². The zero-order valence-electron chi connectivity index (χ0n) is 40.9. The van der Waals surface area contributed by atoms with Crippen molar-refractivity contribution >= 4 is 51.5 Å². The number of anilines is 3. The number of hydrogen-bond donors (Lipinski definition) is 2. The summed E-state index contributed by atoms with van der Waals surface area (Å²) in [5, 5.41) is 10.9. The van der Waals surface area contributed by atoms with Crippen molar-refractivity contribution in [1.82, 2.24) is 63.3 Å². The van der Waals surface area contributed by atoms with E-state index in [9.17, 15) is 5.11 Å². The number of phenols is 1. The van der Waals surface area contributed by atoms with Gasteiger partial charge in [0.2, 0.25) is 11.9 Å². The van der Waals surface area contributed by atoms with Crippen LogP contribution in [0.2, 0.25) is 0 Å². The summed E-state index contributed by atoms with van der Waals surface area (Å²) in [4.78, 5) is 52.9. The highest BCUT2D eigenvalue weighted by atomic mass is 16.3. The van der Waals surface area contributed by atoms with Crippen molar-refractivity contribution in [3.8, 4) is 28.3 Å². The van der Waals surface area contributed by atoms with Gasteiger partial charge in [-0.1, -0.05) is 56.0 Å². The molecule has 0 amide bonds. The number of nitrogens with two attached hydrogens (primary N) is 1. The van der Waals surface area contributed by atoms with Gasteiger partial charge < -0.3 is 39.6 Å². The lowest BCUT2D eigenvalue weighted by Gasteiger charge is -2.38. The summed E-state index contributed by atoms with van der Waals surface area (Å²) in [6.45, 7) is 7.53. The molecule has 4 aliphatic rings. The van der Waals surface area contributed by atoms with Gasteiger partial charge in [-0.3, -0.25) is 9.97 Å². The fourth-order valence-electron chi connectivity index (χ4n) is 11.4. The maximum Gasteiger partial charge on any atom is 0.268 e. The summed E-state index contributed by atoms with van der Waals surface area (Å²) < 4.78 is 4.73. The van der Waals surface area contributed by atoms with Crippen molar-refractivity contribution in [3.63, 3.8) is 0 Å². The molecule has 2 aliphatic carbocycles. The number of rotatable bonds is 12. The number of nitrogen functional groups attached to an aromatic ring is 1. The molecule has 3 N–H and O–H groups in total. The molecule has 0 radical (unpaired) electrons. The SMILES string of the molecule is CN1CCN(c2nc([N+](Cc3ccc(-c4ccccc4N)nc3)(Cc3ccc(-c4ccccc4O)nc3)c3nc(N4CCN(C)CC4)nc4c3ncn4C3CCCC3)c3ncn(C4CCCC4)c3n2)CC1. The minimum absolute atomic E-state index is 0.0784. The number of piperazine rings is 2. The molecule has 71 heavy (non-hydrogen) atoms. The summed E-state index contributed by atoms with van der Waals surface area (Å²) in [7, 11) is 4.35. The third kappa shape index (κ3) is 8.59. The fourth-order valence-corrected chi connectivity index (χ4v) is 11.4. The van der Waals surface area contributed by atoms with Crippen molar-refractivity contribution < 1.29 is 5.11 Å². The number of benzene rings is 2. The molecular formula is C54H63N16O+. The number of pyridine rings is 2. The normalized spacial score (nSPS) is 17.9. The molecule has 2 saturated carbocycles. The van der Waals surface area contributed by atoms with E-state index in [-0.39, 0.29) is 22.3 Å². The van der Waals surface area contributed by atoms with Gasteiger partial charge in [-0.25, -0.2) is 14.5 Å². The standard InChI is InChI=1S/C54H62N16O/c1-64-23-27-66(28-24-64)53-60-49-47(58-35-68(49)39-11-3-4-12-39)51(62-53)70(33-37-19-21-44(56-31-37)41-15-7-9-17-43(41)55,34-38-20-22-45(57-32-38)42-16-8-10-18-46(42)71)52-48-50(69(36-59-48)40-13-5-6-14-40)61-54(63-52)67-29-25-65(2)26-30-67/h7-10,15-22,31-32,35-36,39-40H,3-6,11-14,23-30,33-34H2,1-2H3,(H2-,55,56,57,71)/p+1. The minimum atomic E-state index is 0.0784. The van der Waals surface area contributed by atoms with Crippen LogP contribution >= 0.6 is 0 Å². The van der Waals surface area contributed by atoms with Gasteiger partial charge in [0.15, 0.2) is 22.3 Å². The van der Waals surface area contributed by atoms with Crippen LogP contribution in [0.15, 0.2) is 97.8 Å². The average molecular weight is 952 g/mol. The lowest BCUT2D eigenvalue weighted by molar-refractivity contribution is 0.309. The second-order valence-corrected chi connectivity index (χ2v) is 20.3. The van der Waals surface area contributed by atoms with Gasteiger partial charge in [0.25, 0.3) is 11.6 Å². The molecular weight excluding hydrogens is 889 g/mol. The van der Waals surface area contributed by atoms with Crippen LogP contribution in [0.4, 0.5) is 29.2 Å². The maximum atomic E-state index is 10.9. The smallest absolute Gasteiger partial charge is 0.268 e. The molecule has 0 bridgehead atoms. The van der Waals surface area contributed by atoms with E-state index in [0.29, 0.717) is 41.9 Å². The molecule has 2 aliphatic heterocycles. The van der Waals surface area contributed by atoms with E-state index >= 15 is 0 Å². The van der Waals surface area contributed by atoms with E-state index in [1.807, 2.05) is 73.6 Å². The first-order valence-corrected chi connectivity index (χ1v) is 25.6. The molecule has 17 heteroatoms. The third-order valence-corrected chi connectivity index (χ3v) is 15.6. The minimum Gasteiger partial charge on any atom is -0.507 e. The number of aromatic nitrogens is 10. The molecule has 17 nitrogen and oxygen atoms in total. The first kappa shape index (κ1) is 45.1. The lowest BCUT2D eigenvalue weighted by atomic mass is 10.1. The van der Waals surface area contributed by atoms with Crippen molar-refractivity contribution in [2.75, 3.05) is 82.0 Å². The quantitative estimate of drug-likeness (QED) is 0.0888. The van der Waals surface area contributed by atoms with Gasteiger partial charge in [-0.15, -0.1) is 0 Å². The number of imidazole rings is 2. The third-order valence-electron chi connectivity index (χ3n) is 15.6. The summed E-state index contributed by atoms with van der Waals surface area (Å²) in [5.41, 5.74) is 15.3. The summed E-state index contributed by atoms with van der Waals surface area (Å²) in [6, 6.07) is 24.1. The average Bonchev–Trinajstić information content (AvgIpc) is 4.26. The van der Waals surface area contributed by atoms with Crippen LogP contribution < -0.4 is 20.0 Å². The number of hydrogen-bond acceptors (Lipinski definition) is 14. The number of likely N-dealkylation sites (N-methyl/N-ethyl adjacent to an activating group) is 2. The topological polar surface area (TPSA) is 172 Å². The molecule has 12 rings (SSSR count). The first-order chi connectivity index (χ1) is 34.8. The predicted molar refractivity (Wildman–Crippen MR) is 279 cm³/mol. The molecule has 2 saturated heterocycles. The Balaban J connectivity index is 1.14. The highest BCUT2D eigenvalue weighted by Gasteiger charge is 2.45. The molecule has 0 spiro atoms. The number of quaternary nitrogens is 1. The van der Waals surface area contributed by atoms with E-state index in [2.05, 4.69) is 61.0 Å². The highest BCUT2D eigenvalue weighted by molar-refractivity contribution is 5.91. The van der Waals surface area contributed by atoms with Gasteiger partial charge in [-0.2, -0.15) is 19.9 Å². The van der Waals surface area contributed by atoms with Gasteiger partial charge >= 0.3 is 0 Å². The number of para-hydroxylation sites is 2. The zero-order chi connectivity index (χ0) is 48.1. The van der Waals surface area contributed by atoms with E-state index in [4.69, 9.17) is 45.6 Å². The van der Waals surface area contributed by atoms with Crippen LogP contribution in [0, 0.1) is 0 Å². The fraction of sp³-hybridized carbons (Fsp3) is 0.407. The van der Waals surface area contributed by atoms with E-state index in [1.54, 1.807) is 6.07 Å². The van der Waals surface area contributed by atoms with Crippen molar-refractivity contribution in [2.24, 2.45) is 0 Å². The van der Waals surface area contributed by atoms with E-state index in [0.717, 1.165) is 134 Å². The first-order valence-electron chi connectivity index (χ1n) is 25.6. The molecule has 6 aromatic heterocycles. The Morgan fingerprint density at radius 3 is 1.44 bits per heavy atom. The predicted octanol–water partition coefficient (Wildman–Crippen LogP) is 8.15. The van der Waals surface area contributed by atoms with Crippen LogP contribution in [0.25, 0.3) is 44.8 Å². The number of aromatic hydroxyl groups is 1. The van der Waals surface area contributed by atoms with Gasteiger partial charge in [0.1, 0.15) is 18.8 Å². The van der Waals surface area contributed by atoms with Crippen LogP contribution in [0.3, 0.4) is 0 Å². The lowest BCUT2D eigenvalue weighted by Crippen LogP contribution is -2.48. The highest BCUT2D eigenvalue weighted by Crippen LogP contribution is 2.46. The summed E-state index contributed by atoms with van der Waals surface area (Å²) in [6.07, 6.45) is 16.9. The molecule has 8 aromatic rings. The summed E-state index contributed by atoms with van der Waals surface area (Å²) >= 11 is 0. The number of nitrogens with zero attached hydrogens (tertiary/aromatic N) is 15. The second-order valence-electron chi connectivity index (χ2n) is 20.3. The second kappa shape index (κ2) is 18.9. The molecule has 0 unspecified atom stereocenters. The molecule has 364 valence electrons. The van der Waals surface area contributed by atoms with Crippen LogP contribution in [0.5, 0.6) is 5.75 Å². The largest absolute Gasteiger partial charge is 0.507 e. The van der Waals surface area contributed by atoms with Gasteiger partial charge in [-0.05, 0) is 82.2 Å². The summed E-state index contributed by atoms with van der Waals surface area (Å²) in [5.74, 6) is 3.03. The Labute approximate surface area is 414 Å². The van der Waals surface area contributed by atoms with Crippen LogP contribution in [-0.4, -0.2) is 130 Å². The molecule has 2 aromatic carbocycles. The number of fused-ring (bicyclic) bond motifs is 2. The zero-order valence-corrected chi connectivity index (χ0v) is 40.9. The molecule has 8 heterocycles. The van der Waals surface area contributed by atoms with Crippen LogP contribution in [0.1, 0.15) is 74.6 Å². The van der Waals surface area contributed by atoms with Crippen LogP contribution in [-0.2, 0) is 13.1 Å². The Kier molecular flexibility index (Phi) is 12.0. The van der Waals surface area contributed by atoms with Crippen molar-refractivity contribution in [3.05, 3.63) is 109 Å². The number of phenolic OH excluding ortho intramolecular Hbond substituents is 1. The molecule has 4 fully saturated rings. The van der Waals surface area contributed by atoms with Crippen molar-refractivity contribution in [1.29, 1.82) is 0 Å². The van der Waals surface area contributed by atoms with Gasteiger partial charge in [0.05, 0.1) is 24.0 Å². The Hall–Kier alpha value is -7.08.